The normalized spacial score (nSPS) is 14.8. The lowest BCUT2D eigenvalue weighted by atomic mass is 9.98. The minimum atomic E-state index is -0.437. The molecule has 0 radical (unpaired) electrons. The monoisotopic (exact) mass is 261 g/mol. The summed E-state index contributed by atoms with van der Waals surface area (Å²) in [6.45, 7) is 2.43. The molecule has 0 spiro atoms. The number of hydrogen-bond donors (Lipinski definition) is 2. The van der Waals surface area contributed by atoms with Crippen molar-refractivity contribution in [1.29, 1.82) is 0 Å². The van der Waals surface area contributed by atoms with E-state index in [1.165, 1.54) is 0 Å². The summed E-state index contributed by atoms with van der Waals surface area (Å²) in [4.78, 5) is 24.6. The molecule has 0 atom stereocenters. The maximum Gasteiger partial charge on any atom is 0.248 e. The Hall–Kier alpha value is -1.88. The zero-order chi connectivity index (χ0) is 13.8. The predicted molar refractivity (Wildman–Crippen MR) is 72.4 cm³/mol. The second-order valence-electron chi connectivity index (χ2n) is 5.04. The number of nitrogens with one attached hydrogen (secondary N) is 1. The molecular weight excluding hydrogens is 242 g/mol. The molecule has 1 heterocycles. The lowest BCUT2D eigenvalue weighted by Crippen LogP contribution is -2.44. The van der Waals surface area contributed by atoms with Gasteiger partial charge < -0.3 is 16.0 Å². The molecule has 1 aromatic carbocycles. The van der Waals surface area contributed by atoms with Gasteiger partial charge in [0.1, 0.15) is 0 Å². The lowest BCUT2D eigenvalue weighted by Gasteiger charge is -2.28. The molecule has 3 N–H and O–H groups in total. The summed E-state index contributed by atoms with van der Waals surface area (Å²) >= 11 is 0. The quantitative estimate of drug-likeness (QED) is 0.803. The topological polar surface area (TPSA) is 75.4 Å². The third kappa shape index (κ3) is 3.54. The Bertz CT molecular complexity index is 466. The first kappa shape index (κ1) is 13.5. The summed E-state index contributed by atoms with van der Waals surface area (Å²) in [6.07, 6.45) is 0.600. The molecule has 5 heteroatoms. The van der Waals surface area contributed by atoms with Crippen molar-refractivity contribution in [3.05, 3.63) is 35.4 Å². The fourth-order valence-electron chi connectivity index (χ4n) is 2.03. The van der Waals surface area contributed by atoms with Gasteiger partial charge in [0.2, 0.25) is 11.8 Å². The van der Waals surface area contributed by atoms with Crippen LogP contribution in [0.1, 0.15) is 22.3 Å². The molecule has 1 aromatic rings. The first-order valence-electron chi connectivity index (χ1n) is 6.39. The number of benzene rings is 1. The highest BCUT2D eigenvalue weighted by molar-refractivity contribution is 5.92. The van der Waals surface area contributed by atoms with Crippen LogP contribution in [0.25, 0.3) is 0 Å². The number of nitrogens with zero attached hydrogens (tertiary/aromatic N) is 1. The van der Waals surface area contributed by atoms with Crippen LogP contribution in [0.2, 0.25) is 0 Å². The number of hydrogen-bond acceptors (Lipinski definition) is 3. The molecule has 0 bridgehead atoms. The summed E-state index contributed by atoms with van der Waals surface area (Å²) in [5.74, 6) is 0.200. The van der Waals surface area contributed by atoms with Crippen LogP contribution in [0.5, 0.6) is 0 Å². The van der Waals surface area contributed by atoms with E-state index in [9.17, 15) is 9.59 Å². The Labute approximate surface area is 112 Å². The van der Waals surface area contributed by atoms with E-state index >= 15 is 0 Å². The first-order valence-corrected chi connectivity index (χ1v) is 6.39. The van der Waals surface area contributed by atoms with Gasteiger partial charge in [0.15, 0.2) is 0 Å². The van der Waals surface area contributed by atoms with E-state index in [1.807, 2.05) is 12.1 Å². The van der Waals surface area contributed by atoms with Gasteiger partial charge in [0.05, 0.1) is 0 Å². The number of amides is 2. The fraction of sp³-hybridized carbons (Fsp3) is 0.429. The van der Waals surface area contributed by atoms with E-state index in [0.717, 1.165) is 18.7 Å². The van der Waals surface area contributed by atoms with Crippen LogP contribution in [0.4, 0.5) is 0 Å². The van der Waals surface area contributed by atoms with Crippen LogP contribution >= 0.6 is 0 Å². The van der Waals surface area contributed by atoms with Crippen LogP contribution in [0, 0.1) is 5.92 Å². The van der Waals surface area contributed by atoms with Crippen molar-refractivity contribution in [3.63, 3.8) is 0 Å². The summed E-state index contributed by atoms with van der Waals surface area (Å²) in [5, 5.41) is 3.16. The number of carbonyl (C=O) groups excluding carboxylic acids is 2. The standard InChI is InChI=1S/C14H19N3O2/c1-17(13(18)6-11-7-16-8-11)9-10-2-4-12(5-3-10)14(15)19/h2-5,11,16H,6-9H2,1H3,(H2,15,19). The molecule has 2 rings (SSSR count). The van der Waals surface area contributed by atoms with Crippen LogP contribution in [0.3, 0.4) is 0 Å². The maximum absolute atomic E-state index is 11.9. The van der Waals surface area contributed by atoms with Crippen LogP contribution < -0.4 is 11.1 Å². The summed E-state index contributed by atoms with van der Waals surface area (Å²) in [7, 11) is 1.80. The highest BCUT2D eigenvalue weighted by Crippen LogP contribution is 2.12. The van der Waals surface area contributed by atoms with Crippen molar-refractivity contribution < 1.29 is 9.59 Å². The van der Waals surface area contributed by atoms with E-state index < -0.39 is 5.91 Å². The largest absolute Gasteiger partial charge is 0.366 e. The van der Waals surface area contributed by atoms with Gasteiger partial charge in [-0.25, -0.2) is 0 Å². The predicted octanol–water partition coefficient (Wildman–Crippen LogP) is 0.353. The van der Waals surface area contributed by atoms with Crippen LogP contribution in [0.15, 0.2) is 24.3 Å². The van der Waals surface area contributed by atoms with Crippen molar-refractivity contribution in [2.75, 3.05) is 20.1 Å². The van der Waals surface area contributed by atoms with Gasteiger partial charge in [0.25, 0.3) is 0 Å². The number of nitrogens with two attached hydrogens (primary N) is 1. The van der Waals surface area contributed by atoms with Crippen molar-refractivity contribution in [3.8, 4) is 0 Å². The van der Waals surface area contributed by atoms with Gasteiger partial charge in [-0.1, -0.05) is 12.1 Å². The number of carbonyl (C=O) groups is 2. The number of rotatable bonds is 5. The van der Waals surface area contributed by atoms with Gasteiger partial charge >= 0.3 is 0 Å². The van der Waals surface area contributed by atoms with Crippen molar-refractivity contribution in [2.45, 2.75) is 13.0 Å². The summed E-state index contributed by atoms with van der Waals surface area (Å²) in [5.41, 5.74) is 6.66. The van der Waals surface area contributed by atoms with Gasteiger partial charge in [-0.15, -0.1) is 0 Å². The first-order chi connectivity index (χ1) is 9.06. The van der Waals surface area contributed by atoms with E-state index in [0.29, 0.717) is 24.4 Å². The average Bonchev–Trinajstić information content (AvgIpc) is 2.34. The second kappa shape index (κ2) is 5.84. The molecule has 5 nitrogen and oxygen atoms in total. The maximum atomic E-state index is 11.9. The molecule has 0 aromatic heterocycles. The number of primary amides is 1. The Kier molecular flexibility index (Phi) is 4.16. The molecule has 1 fully saturated rings. The summed E-state index contributed by atoms with van der Waals surface area (Å²) < 4.78 is 0. The Morgan fingerprint density at radius 2 is 1.95 bits per heavy atom. The van der Waals surface area contributed by atoms with E-state index in [4.69, 9.17) is 5.73 Å². The minimum Gasteiger partial charge on any atom is -0.366 e. The lowest BCUT2D eigenvalue weighted by molar-refractivity contribution is -0.131. The van der Waals surface area contributed by atoms with Gasteiger partial charge in [-0.3, -0.25) is 9.59 Å². The highest BCUT2D eigenvalue weighted by atomic mass is 16.2. The molecule has 1 saturated heterocycles. The van der Waals surface area contributed by atoms with E-state index in [1.54, 1.807) is 24.1 Å². The molecular formula is C14H19N3O2. The smallest absolute Gasteiger partial charge is 0.248 e. The molecule has 0 unspecified atom stereocenters. The van der Waals surface area contributed by atoms with E-state index in [2.05, 4.69) is 5.32 Å². The van der Waals surface area contributed by atoms with Crippen LogP contribution in [-0.2, 0) is 11.3 Å². The SMILES string of the molecule is CN(Cc1ccc(C(N)=O)cc1)C(=O)CC1CNC1. The minimum absolute atomic E-state index is 0.158. The fourth-order valence-corrected chi connectivity index (χ4v) is 2.03. The van der Waals surface area contributed by atoms with Crippen molar-refractivity contribution in [2.24, 2.45) is 11.7 Å². The molecule has 2 amide bonds. The molecule has 19 heavy (non-hydrogen) atoms. The highest BCUT2D eigenvalue weighted by Gasteiger charge is 2.21. The van der Waals surface area contributed by atoms with Crippen molar-refractivity contribution in [1.82, 2.24) is 10.2 Å². The van der Waals surface area contributed by atoms with Gasteiger partial charge in [0, 0.05) is 25.6 Å². The zero-order valence-corrected chi connectivity index (χ0v) is 11.1. The molecule has 1 aliphatic rings. The van der Waals surface area contributed by atoms with E-state index in [-0.39, 0.29) is 5.91 Å². The second-order valence-corrected chi connectivity index (χ2v) is 5.04. The van der Waals surface area contributed by atoms with Crippen molar-refractivity contribution >= 4 is 11.8 Å². The third-order valence-electron chi connectivity index (χ3n) is 3.41. The van der Waals surface area contributed by atoms with Gasteiger partial charge in [-0.2, -0.15) is 0 Å². The van der Waals surface area contributed by atoms with Gasteiger partial charge in [-0.05, 0) is 36.7 Å². The Morgan fingerprint density at radius 3 is 2.42 bits per heavy atom. The Morgan fingerprint density at radius 1 is 1.32 bits per heavy atom. The molecule has 1 aliphatic heterocycles. The average molecular weight is 261 g/mol. The zero-order valence-electron chi connectivity index (χ0n) is 11.1. The Balaban J connectivity index is 1.88. The molecule has 0 saturated carbocycles. The van der Waals surface area contributed by atoms with Crippen LogP contribution in [-0.4, -0.2) is 36.9 Å². The third-order valence-corrected chi connectivity index (χ3v) is 3.41. The molecule has 102 valence electrons. The molecule has 0 aliphatic carbocycles. The summed E-state index contributed by atoms with van der Waals surface area (Å²) in [6, 6.07) is 7.03.